The lowest BCUT2D eigenvalue weighted by Gasteiger charge is -2.30. The van der Waals surface area contributed by atoms with Crippen LogP contribution in [-0.2, 0) is 21.2 Å². The predicted molar refractivity (Wildman–Crippen MR) is 102 cm³/mol. The first-order chi connectivity index (χ1) is 11.8. The predicted octanol–water partition coefficient (Wildman–Crippen LogP) is 2.70. The molecular formula is C19H30N2O3S. The molecule has 0 N–H and O–H groups in total. The molecule has 1 aliphatic rings. The van der Waals surface area contributed by atoms with Gasteiger partial charge in [-0.3, -0.25) is 4.79 Å². The summed E-state index contributed by atoms with van der Waals surface area (Å²) in [5.74, 6) is 0.150. The summed E-state index contributed by atoms with van der Waals surface area (Å²) in [6.07, 6.45) is 0.540. The van der Waals surface area contributed by atoms with Crippen molar-refractivity contribution in [3.63, 3.8) is 0 Å². The quantitative estimate of drug-likeness (QED) is 0.744. The first-order valence-electron chi connectivity index (χ1n) is 9.12. The number of hydrogen-bond donors (Lipinski definition) is 0. The second kappa shape index (κ2) is 8.21. The summed E-state index contributed by atoms with van der Waals surface area (Å²) in [4.78, 5) is 16.7. The van der Waals surface area contributed by atoms with Crippen LogP contribution in [0, 0.1) is 5.92 Å². The van der Waals surface area contributed by atoms with Gasteiger partial charge in [-0.25, -0.2) is 8.42 Å². The van der Waals surface area contributed by atoms with Gasteiger partial charge in [0.05, 0.1) is 11.5 Å². The van der Waals surface area contributed by atoms with Gasteiger partial charge < -0.3 is 9.80 Å². The van der Waals surface area contributed by atoms with Gasteiger partial charge in [-0.2, -0.15) is 0 Å². The normalized spacial score (nSPS) is 19.2. The molecule has 1 heterocycles. The Bertz CT molecular complexity index is 679. The van der Waals surface area contributed by atoms with Crippen molar-refractivity contribution >= 4 is 21.4 Å². The summed E-state index contributed by atoms with van der Waals surface area (Å²) >= 11 is 0. The molecular weight excluding hydrogens is 336 g/mol. The lowest BCUT2D eigenvalue weighted by Crippen LogP contribution is -2.42. The molecule has 6 heteroatoms. The number of hydrogen-bond acceptors (Lipinski definition) is 4. The van der Waals surface area contributed by atoms with Gasteiger partial charge in [-0.15, -0.1) is 0 Å². The molecule has 0 radical (unpaired) electrons. The lowest BCUT2D eigenvalue weighted by atomic mass is 10.1. The van der Waals surface area contributed by atoms with Gasteiger partial charge in [-0.1, -0.05) is 26.0 Å². The number of amides is 1. The van der Waals surface area contributed by atoms with E-state index in [0.717, 1.165) is 18.7 Å². The van der Waals surface area contributed by atoms with Gasteiger partial charge in [0, 0.05) is 37.3 Å². The molecule has 0 aliphatic carbocycles. The lowest BCUT2D eigenvalue weighted by molar-refractivity contribution is -0.137. The van der Waals surface area contributed by atoms with Crippen LogP contribution >= 0.6 is 0 Å². The molecule has 1 aromatic carbocycles. The van der Waals surface area contributed by atoms with Crippen molar-refractivity contribution in [3.8, 4) is 0 Å². The number of sulfone groups is 1. The number of carbonyl (C=O) groups excluding carboxylic acids is 1. The second-order valence-corrected chi connectivity index (χ2v) is 9.25. The molecule has 140 valence electrons. The van der Waals surface area contributed by atoms with Crippen LogP contribution in [0.3, 0.4) is 0 Å². The molecule has 0 aromatic heterocycles. The third-order valence-electron chi connectivity index (χ3n) is 4.84. The Kier molecular flexibility index (Phi) is 6.49. The van der Waals surface area contributed by atoms with E-state index in [0.29, 0.717) is 13.0 Å². The third-order valence-corrected chi connectivity index (χ3v) is 6.59. The van der Waals surface area contributed by atoms with Crippen LogP contribution in [0.25, 0.3) is 0 Å². The van der Waals surface area contributed by atoms with Gasteiger partial charge in [0.1, 0.15) is 0 Å². The average Bonchev–Trinajstić information content (AvgIpc) is 2.94. The minimum Gasteiger partial charge on any atom is -0.372 e. The zero-order chi connectivity index (χ0) is 18.6. The molecule has 1 fully saturated rings. The fourth-order valence-corrected chi connectivity index (χ4v) is 5.07. The standard InChI is InChI=1S/C19H30N2O3S/c1-5-20(6-2)17-9-7-16(8-10-17)13-21(19(22)15(3)4)18-11-12-25(23,24)14-18/h7-10,15,18H,5-6,11-14H2,1-4H3/t18-/m0/s1. The van der Waals surface area contributed by atoms with Crippen molar-refractivity contribution in [2.45, 2.75) is 46.7 Å². The summed E-state index contributed by atoms with van der Waals surface area (Å²) in [6, 6.07) is 8.02. The van der Waals surface area contributed by atoms with E-state index in [1.165, 1.54) is 5.69 Å². The number of carbonyl (C=O) groups is 1. The van der Waals surface area contributed by atoms with E-state index in [-0.39, 0.29) is 29.4 Å². The Morgan fingerprint density at radius 1 is 1.16 bits per heavy atom. The monoisotopic (exact) mass is 366 g/mol. The van der Waals surface area contributed by atoms with Gasteiger partial charge in [0.15, 0.2) is 9.84 Å². The highest BCUT2D eigenvalue weighted by Gasteiger charge is 2.35. The van der Waals surface area contributed by atoms with Crippen LogP contribution in [0.2, 0.25) is 0 Å². The maximum Gasteiger partial charge on any atom is 0.225 e. The Morgan fingerprint density at radius 3 is 2.20 bits per heavy atom. The molecule has 0 bridgehead atoms. The zero-order valence-electron chi connectivity index (χ0n) is 15.7. The highest BCUT2D eigenvalue weighted by Crippen LogP contribution is 2.23. The molecule has 1 aromatic rings. The SMILES string of the molecule is CCN(CC)c1ccc(CN(C(=O)C(C)C)[C@H]2CCS(=O)(=O)C2)cc1. The van der Waals surface area contributed by atoms with Crippen LogP contribution in [-0.4, -0.2) is 49.9 Å². The van der Waals surface area contributed by atoms with Crippen LogP contribution in [0.4, 0.5) is 5.69 Å². The third kappa shape index (κ3) is 4.97. The van der Waals surface area contributed by atoms with Crippen molar-refractivity contribution in [2.75, 3.05) is 29.5 Å². The smallest absolute Gasteiger partial charge is 0.225 e. The summed E-state index contributed by atoms with van der Waals surface area (Å²) in [5.41, 5.74) is 2.20. The van der Waals surface area contributed by atoms with Crippen molar-refractivity contribution in [2.24, 2.45) is 5.92 Å². The Balaban J connectivity index is 2.18. The van der Waals surface area contributed by atoms with E-state index in [1.807, 2.05) is 26.0 Å². The number of nitrogens with zero attached hydrogens (tertiary/aromatic N) is 2. The average molecular weight is 367 g/mol. The van der Waals surface area contributed by atoms with E-state index in [2.05, 4.69) is 30.9 Å². The molecule has 1 saturated heterocycles. The van der Waals surface area contributed by atoms with Gasteiger partial charge in [0.25, 0.3) is 0 Å². The molecule has 1 aliphatic heterocycles. The fourth-order valence-electron chi connectivity index (χ4n) is 3.34. The molecule has 1 atom stereocenters. The van der Waals surface area contributed by atoms with Gasteiger partial charge in [-0.05, 0) is 38.0 Å². The molecule has 0 unspecified atom stereocenters. The first kappa shape index (κ1) is 19.8. The van der Waals surface area contributed by atoms with Gasteiger partial charge >= 0.3 is 0 Å². The first-order valence-corrected chi connectivity index (χ1v) is 10.9. The van der Waals surface area contributed by atoms with Crippen molar-refractivity contribution < 1.29 is 13.2 Å². The van der Waals surface area contributed by atoms with Crippen molar-refractivity contribution in [1.29, 1.82) is 0 Å². The summed E-state index contributed by atoms with van der Waals surface area (Å²) < 4.78 is 23.7. The Morgan fingerprint density at radius 2 is 1.76 bits per heavy atom. The minimum absolute atomic E-state index is 0.0231. The maximum atomic E-state index is 12.6. The van der Waals surface area contributed by atoms with E-state index in [9.17, 15) is 13.2 Å². The second-order valence-electron chi connectivity index (χ2n) is 7.02. The number of rotatable bonds is 7. The van der Waals surface area contributed by atoms with E-state index in [4.69, 9.17) is 0 Å². The molecule has 25 heavy (non-hydrogen) atoms. The molecule has 2 rings (SSSR count). The summed E-state index contributed by atoms with van der Waals surface area (Å²) in [6.45, 7) is 10.4. The van der Waals surface area contributed by atoms with Crippen LogP contribution in [0.5, 0.6) is 0 Å². The fraction of sp³-hybridized carbons (Fsp3) is 0.632. The summed E-state index contributed by atoms with van der Waals surface area (Å²) in [7, 11) is -3.02. The van der Waals surface area contributed by atoms with Crippen LogP contribution in [0.1, 0.15) is 39.7 Å². The molecule has 1 amide bonds. The largest absolute Gasteiger partial charge is 0.372 e. The highest BCUT2D eigenvalue weighted by molar-refractivity contribution is 7.91. The van der Waals surface area contributed by atoms with E-state index >= 15 is 0 Å². The minimum atomic E-state index is -3.02. The van der Waals surface area contributed by atoms with Crippen molar-refractivity contribution in [1.82, 2.24) is 4.90 Å². The molecule has 5 nitrogen and oxygen atoms in total. The Hall–Kier alpha value is -1.56. The summed E-state index contributed by atoms with van der Waals surface area (Å²) in [5, 5.41) is 0. The Labute approximate surface area is 151 Å². The molecule has 0 saturated carbocycles. The van der Waals surface area contributed by atoms with Crippen LogP contribution in [0.15, 0.2) is 24.3 Å². The number of benzene rings is 1. The maximum absolute atomic E-state index is 12.6. The number of anilines is 1. The highest BCUT2D eigenvalue weighted by atomic mass is 32.2. The topological polar surface area (TPSA) is 57.7 Å². The zero-order valence-corrected chi connectivity index (χ0v) is 16.6. The molecule has 0 spiro atoms. The van der Waals surface area contributed by atoms with Crippen molar-refractivity contribution in [3.05, 3.63) is 29.8 Å². The van der Waals surface area contributed by atoms with E-state index in [1.54, 1.807) is 4.90 Å². The van der Waals surface area contributed by atoms with Gasteiger partial charge in [0.2, 0.25) is 5.91 Å². The van der Waals surface area contributed by atoms with Crippen LogP contribution < -0.4 is 4.90 Å². The van der Waals surface area contributed by atoms with E-state index < -0.39 is 9.84 Å².